The maximum Gasteiger partial charge on any atom is 0.159 e. The molecule has 2 heteroatoms. The number of ether oxygens (including phenoxy) is 1. The van der Waals surface area contributed by atoms with E-state index in [1.807, 2.05) is 24.3 Å². The third-order valence-corrected chi connectivity index (χ3v) is 3.54. The third kappa shape index (κ3) is 2.26. The summed E-state index contributed by atoms with van der Waals surface area (Å²) in [5, 5.41) is 0. The smallest absolute Gasteiger partial charge is 0.159 e. The normalized spacial score (nSPS) is 13.5. The zero-order valence-electron chi connectivity index (χ0n) is 11.0. The molecule has 0 bridgehead atoms. The molecule has 0 aliphatic carbocycles. The molecule has 0 spiro atoms. The number of hydrogen-bond acceptors (Lipinski definition) is 2. The van der Waals surface area contributed by atoms with Gasteiger partial charge in [0.2, 0.25) is 0 Å². The van der Waals surface area contributed by atoms with Crippen molar-refractivity contribution in [3.05, 3.63) is 53.6 Å². The van der Waals surface area contributed by atoms with Crippen LogP contribution in [0.5, 0.6) is 5.75 Å². The largest absolute Gasteiger partial charge is 0.493 e. The van der Waals surface area contributed by atoms with Gasteiger partial charge in [0.25, 0.3) is 0 Å². The van der Waals surface area contributed by atoms with Crippen molar-refractivity contribution in [2.24, 2.45) is 0 Å². The summed E-state index contributed by atoms with van der Waals surface area (Å²) in [6.45, 7) is 2.37. The van der Waals surface area contributed by atoms with Crippen LogP contribution in [-0.4, -0.2) is 12.4 Å². The van der Waals surface area contributed by atoms with Crippen LogP contribution in [0.1, 0.15) is 29.3 Å². The number of fused-ring (bicyclic) bond motifs is 1. The summed E-state index contributed by atoms with van der Waals surface area (Å²) in [6, 6.07) is 14.0. The molecule has 1 aliphatic heterocycles. The van der Waals surface area contributed by atoms with Crippen LogP contribution in [-0.2, 0) is 6.42 Å². The molecular weight excluding hydrogens is 236 g/mol. The molecule has 3 rings (SSSR count). The molecule has 19 heavy (non-hydrogen) atoms. The lowest BCUT2D eigenvalue weighted by atomic mass is 9.97. The van der Waals surface area contributed by atoms with Gasteiger partial charge in [-0.05, 0) is 30.9 Å². The lowest BCUT2D eigenvalue weighted by Gasteiger charge is -2.20. The van der Waals surface area contributed by atoms with Gasteiger partial charge < -0.3 is 4.74 Å². The summed E-state index contributed by atoms with van der Waals surface area (Å²) in [6.07, 6.45) is 2.16. The highest BCUT2D eigenvalue weighted by molar-refractivity contribution is 5.94. The number of aryl methyl sites for hydroxylation is 1. The van der Waals surface area contributed by atoms with Gasteiger partial charge in [-0.15, -0.1) is 0 Å². The van der Waals surface area contributed by atoms with Gasteiger partial charge in [0, 0.05) is 11.1 Å². The second kappa shape index (κ2) is 4.88. The van der Waals surface area contributed by atoms with Gasteiger partial charge in [0.05, 0.1) is 6.61 Å². The Bertz CT molecular complexity index is 612. The van der Waals surface area contributed by atoms with Crippen molar-refractivity contribution in [2.75, 3.05) is 6.61 Å². The molecular formula is C17H16O2. The first-order valence-corrected chi connectivity index (χ1v) is 6.62. The summed E-state index contributed by atoms with van der Waals surface area (Å²) in [7, 11) is 0. The summed E-state index contributed by atoms with van der Waals surface area (Å²) in [5.41, 5.74) is 4.24. The zero-order valence-corrected chi connectivity index (χ0v) is 11.0. The minimum absolute atomic E-state index is 0.0953. The molecule has 2 aromatic rings. The van der Waals surface area contributed by atoms with Crippen molar-refractivity contribution in [3.63, 3.8) is 0 Å². The number of carbonyl (C=O) groups excluding carboxylic acids is 1. The molecule has 2 aromatic carbocycles. The average molecular weight is 252 g/mol. The fourth-order valence-electron chi connectivity index (χ4n) is 2.50. The van der Waals surface area contributed by atoms with Crippen molar-refractivity contribution < 1.29 is 9.53 Å². The number of benzene rings is 2. The molecule has 0 unspecified atom stereocenters. The second-order valence-electron chi connectivity index (χ2n) is 4.88. The van der Waals surface area contributed by atoms with Gasteiger partial charge in [-0.1, -0.05) is 42.5 Å². The SMILES string of the molecule is CC(=O)c1ccc(-c2cccc3c2OCCC3)cc1. The molecule has 0 amide bonds. The molecule has 0 aromatic heterocycles. The summed E-state index contributed by atoms with van der Waals surface area (Å²) >= 11 is 0. The van der Waals surface area contributed by atoms with E-state index < -0.39 is 0 Å². The van der Waals surface area contributed by atoms with Crippen LogP contribution in [0.2, 0.25) is 0 Å². The van der Waals surface area contributed by atoms with Crippen LogP contribution in [0.4, 0.5) is 0 Å². The highest BCUT2D eigenvalue weighted by atomic mass is 16.5. The third-order valence-electron chi connectivity index (χ3n) is 3.54. The molecule has 1 aliphatic rings. The Morgan fingerprint density at radius 1 is 1.11 bits per heavy atom. The fourth-order valence-corrected chi connectivity index (χ4v) is 2.50. The van der Waals surface area contributed by atoms with Gasteiger partial charge >= 0.3 is 0 Å². The predicted octanol–water partition coefficient (Wildman–Crippen LogP) is 3.88. The lowest BCUT2D eigenvalue weighted by molar-refractivity contribution is 0.101. The Morgan fingerprint density at radius 3 is 2.63 bits per heavy atom. The van der Waals surface area contributed by atoms with Crippen molar-refractivity contribution in [1.29, 1.82) is 0 Å². The Hall–Kier alpha value is -2.09. The topological polar surface area (TPSA) is 26.3 Å². The van der Waals surface area contributed by atoms with E-state index in [0.717, 1.165) is 41.9 Å². The fraction of sp³-hybridized carbons (Fsp3) is 0.235. The minimum atomic E-state index is 0.0953. The Morgan fingerprint density at radius 2 is 1.89 bits per heavy atom. The first-order valence-electron chi connectivity index (χ1n) is 6.62. The van der Waals surface area contributed by atoms with Crippen LogP contribution in [0, 0.1) is 0 Å². The number of rotatable bonds is 2. The molecule has 96 valence electrons. The monoisotopic (exact) mass is 252 g/mol. The molecule has 0 atom stereocenters. The van der Waals surface area contributed by atoms with Crippen LogP contribution >= 0.6 is 0 Å². The number of para-hydroxylation sites is 1. The zero-order chi connectivity index (χ0) is 13.2. The Balaban J connectivity index is 2.04. The maximum absolute atomic E-state index is 11.3. The Kier molecular flexibility index (Phi) is 3.08. The average Bonchev–Trinajstić information content (AvgIpc) is 2.47. The van der Waals surface area contributed by atoms with E-state index in [4.69, 9.17) is 4.74 Å². The van der Waals surface area contributed by atoms with Crippen LogP contribution in [0.25, 0.3) is 11.1 Å². The van der Waals surface area contributed by atoms with E-state index in [2.05, 4.69) is 18.2 Å². The first kappa shape index (κ1) is 12.0. The molecule has 0 radical (unpaired) electrons. The highest BCUT2D eigenvalue weighted by Gasteiger charge is 2.15. The van der Waals surface area contributed by atoms with Gasteiger partial charge in [-0.2, -0.15) is 0 Å². The molecule has 2 nitrogen and oxygen atoms in total. The summed E-state index contributed by atoms with van der Waals surface area (Å²) in [4.78, 5) is 11.3. The number of Topliss-reactive ketones (excluding diaryl/α,β-unsaturated/α-hetero) is 1. The van der Waals surface area contributed by atoms with E-state index in [-0.39, 0.29) is 5.78 Å². The van der Waals surface area contributed by atoms with Crippen LogP contribution in [0.3, 0.4) is 0 Å². The van der Waals surface area contributed by atoms with Crippen molar-refractivity contribution >= 4 is 5.78 Å². The van der Waals surface area contributed by atoms with Gasteiger partial charge in [-0.25, -0.2) is 0 Å². The van der Waals surface area contributed by atoms with Crippen molar-refractivity contribution in [1.82, 2.24) is 0 Å². The van der Waals surface area contributed by atoms with E-state index >= 15 is 0 Å². The number of ketones is 1. The molecule has 1 heterocycles. The van der Waals surface area contributed by atoms with Crippen molar-refractivity contribution in [3.8, 4) is 16.9 Å². The predicted molar refractivity (Wildman–Crippen MR) is 75.7 cm³/mol. The molecule has 0 N–H and O–H groups in total. The molecule has 0 saturated carbocycles. The quantitative estimate of drug-likeness (QED) is 0.758. The number of hydrogen-bond donors (Lipinski definition) is 0. The summed E-state index contributed by atoms with van der Waals surface area (Å²) in [5.74, 6) is 1.10. The van der Waals surface area contributed by atoms with Crippen LogP contribution < -0.4 is 4.74 Å². The van der Waals surface area contributed by atoms with Gasteiger partial charge in [0.15, 0.2) is 5.78 Å². The van der Waals surface area contributed by atoms with E-state index in [1.165, 1.54) is 5.56 Å². The highest BCUT2D eigenvalue weighted by Crippen LogP contribution is 2.36. The summed E-state index contributed by atoms with van der Waals surface area (Å²) < 4.78 is 5.82. The van der Waals surface area contributed by atoms with E-state index in [9.17, 15) is 4.79 Å². The standard InChI is InChI=1S/C17H16O2/c1-12(18)13-7-9-14(10-8-13)16-6-2-4-15-5-3-11-19-17(15)16/h2,4,6-10H,3,5,11H2,1H3. The second-order valence-corrected chi connectivity index (χ2v) is 4.88. The molecule has 0 fully saturated rings. The first-order chi connectivity index (χ1) is 9.25. The Labute approximate surface area is 113 Å². The van der Waals surface area contributed by atoms with E-state index in [1.54, 1.807) is 6.92 Å². The minimum Gasteiger partial charge on any atom is -0.493 e. The van der Waals surface area contributed by atoms with E-state index in [0.29, 0.717) is 0 Å². The van der Waals surface area contributed by atoms with Gasteiger partial charge in [0.1, 0.15) is 5.75 Å². The molecule has 0 saturated heterocycles. The van der Waals surface area contributed by atoms with Crippen LogP contribution in [0.15, 0.2) is 42.5 Å². The maximum atomic E-state index is 11.3. The van der Waals surface area contributed by atoms with Gasteiger partial charge in [-0.3, -0.25) is 4.79 Å². The number of carbonyl (C=O) groups is 1. The van der Waals surface area contributed by atoms with Crippen molar-refractivity contribution in [2.45, 2.75) is 19.8 Å². The lowest BCUT2D eigenvalue weighted by Crippen LogP contribution is -2.09.